The molecule has 1 saturated heterocycles. The monoisotopic (exact) mass is 514 g/mol. The average Bonchev–Trinajstić information content (AvgIpc) is 3.21. The Labute approximate surface area is 211 Å². The molecule has 12 heteroatoms. The highest BCUT2D eigenvalue weighted by atomic mass is 19.4. The van der Waals surface area contributed by atoms with Crippen LogP contribution in [-0.4, -0.2) is 56.5 Å². The molecule has 2 fully saturated rings. The number of nitriles is 1. The van der Waals surface area contributed by atoms with Crippen LogP contribution in [-0.2, 0) is 14.4 Å². The molecule has 0 aromatic carbocycles. The summed E-state index contributed by atoms with van der Waals surface area (Å²) in [5, 5.41) is 18.5. The largest absolute Gasteiger partial charge is 0.471 e. The Morgan fingerprint density at radius 2 is 1.97 bits per heavy atom. The van der Waals surface area contributed by atoms with Crippen LogP contribution in [0.2, 0.25) is 0 Å². The van der Waals surface area contributed by atoms with Crippen molar-refractivity contribution in [2.75, 3.05) is 6.54 Å². The predicted molar refractivity (Wildman–Crippen MR) is 124 cm³/mol. The van der Waals surface area contributed by atoms with Crippen LogP contribution in [0, 0.1) is 40.9 Å². The van der Waals surface area contributed by atoms with Crippen LogP contribution >= 0.6 is 0 Å². The number of hydrogen-bond donors (Lipinski definition) is 2. The summed E-state index contributed by atoms with van der Waals surface area (Å²) < 4.78 is 40.0. The highest BCUT2D eigenvalue weighted by Gasteiger charge is 2.70. The molecule has 3 heterocycles. The molecule has 2 aromatic heterocycles. The number of rotatable bonds is 5. The summed E-state index contributed by atoms with van der Waals surface area (Å²) in [6, 6.07) is 3.19. The van der Waals surface area contributed by atoms with Crippen LogP contribution in [0.5, 0.6) is 0 Å². The van der Waals surface area contributed by atoms with Crippen LogP contribution in [0.15, 0.2) is 24.5 Å². The van der Waals surface area contributed by atoms with Crippen molar-refractivity contribution in [3.05, 3.63) is 35.7 Å². The molecule has 0 spiro atoms. The first-order valence-electron chi connectivity index (χ1n) is 11.5. The smallest absolute Gasteiger partial charge is 0.335 e. The maximum absolute atomic E-state index is 13.6. The Bertz CT molecular complexity index is 1380. The van der Waals surface area contributed by atoms with Gasteiger partial charge in [0.25, 0.3) is 0 Å². The number of nitrogens with one attached hydrogen (secondary N) is 2. The molecule has 1 aliphatic heterocycles. The standard InChI is InChI=1S/C25H25F3N6O3/c1-6-13-8-7-9-34-18(13)14(11-30-34)16(10-29)31-20(35)19-17-15(23(17,2)3)12-33(19)22(37)24(4,5)32-21(36)25(26,27)28/h1,7-9,11,15-17,19H,12H2,2-5H3,(H,31,35)(H,32,36)/t15-,16?,17-,19-/m0/s1. The van der Waals surface area contributed by atoms with E-state index in [1.807, 2.05) is 19.9 Å². The zero-order valence-electron chi connectivity index (χ0n) is 20.6. The van der Waals surface area contributed by atoms with Crippen molar-refractivity contribution in [2.24, 2.45) is 17.3 Å². The minimum absolute atomic E-state index is 0.0631. The highest BCUT2D eigenvalue weighted by Crippen LogP contribution is 2.65. The fraction of sp³-hybridized carbons (Fsp3) is 0.480. The summed E-state index contributed by atoms with van der Waals surface area (Å²) in [5.74, 6) is -1.52. The quantitative estimate of drug-likeness (QED) is 0.591. The third-order valence-corrected chi connectivity index (χ3v) is 7.41. The number of likely N-dealkylation sites (tertiary alicyclic amines) is 1. The first-order valence-corrected chi connectivity index (χ1v) is 11.5. The molecule has 2 N–H and O–H groups in total. The molecule has 1 saturated carbocycles. The third-order valence-electron chi connectivity index (χ3n) is 7.41. The van der Waals surface area contributed by atoms with E-state index in [0.717, 1.165) is 13.8 Å². The second-order valence-corrected chi connectivity index (χ2v) is 10.5. The minimum Gasteiger partial charge on any atom is -0.335 e. The van der Waals surface area contributed by atoms with E-state index in [4.69, 9.17) is 6.42 Å². The Kier molecular flexibility index (Phi) is 5.98. The topological polar surface area (TPSA) is 120 Å². The molecular weight excluding hydrogens is 489 g/mol. The van der Waals surface area contributed by atoms with Crippen molar-refractivity contribution in [3.8, 4) is 18.4 Å². The number of aromatic nitrogens is 2. The molecule has 9 nitrogen and oxygen atoms in total. The molecule has 4 atom stereocenters. The average molecular weight is 515 g/mol. The molecular formula is C25H25F3N6O3. The molecule has 194 valence electrons. The molecule has 37 heavy (non-hydrogen) atoms. The lowest BCUT2D eigenvalue weighted by atomic mass is 9.96. The van der Waals surface area contributed by atoms with Gasteiger partial charge >= 0.3 is 12.1 Å². The SMILES string of the molecule is C#Cc1cccn2ncc(C(C#N)NC(=O)[C@@H]3[C@@H]4[C@H](CN3C(=O)C(C)(C)NC(=O)C(F)(F)F)C4(C)C)c12. The van der Waals surface area contributed by atoms with E-state index in [2.05, 4.69) is 16.3 Å². The van der Waals surface area contributed by atoms with Gasteiger partial charge in [-0.3, -0.25) is 14.4 Å². The highest BCUT2D eigenvalue weighted by molar-refractivity contribution is 5.96. The van der Waals surface area contributed by atoms with Gasteiger partial charge in [0.2, 0.25) is 11.8 Å². The van der Waals surface area contributed by atoms with Gasteiger partial charge in [0.1, 0.15) is 17.6 Å². The van der Waals surface area contributed by atoms with Crippen molar-refractivity contribution in [1.29, 1.82) is 5.26 Å². The van der Waals surface area contributed by atoms with Gasteiger partial charge in [0.15, 0.2) is 0 Å². The van der Waals surface area contributed by atoms with Crippen molar-refractivity contribution in [3.63, 3.8) is 0 Å². The Balaban J connectivity index is 1.62. The maximum atomic E-state index is 13.6. The summed E-state index contributed by atoms with van der Waals surface area (Å²) in [6.45, 7) is 6.32. The molecule has 4 rings (SSSR count). The number of carbonyl (C=O) groups excluding carboxylic acids is 3. The number of alkyl halides is 3. The lowest BCUT2D eigenvalue weighted by molar-refractivity contribution is -0.176. The molecule has 0 bridgehead atoms. The summed E-state index contributed by atoms with van der Waals surface area (Å²) in [7, 11) is 0. The molecule has 2 aliphatic rings. The van der Waals surface area contributed by atoms with Crippen LogP contribution in [0.1, 0.15) is 44.9 Å². The van der Waals surface area contributed by atoms with Gasteiger partial charge in [-0.1, -0.05) is 19.8 Å². The van der Waals surface area contributed by atoms with E-state index in [1.165, 1.54) is 15.6 Å². The molecule has 0 radical (unpaired) electrons. The predicted octanol–water partition coefficient (Wildman–Crippen LogP) is 1.94. The number of fused-ring (bicyclic) bond motifs is 2. The lowest BCUT2D eigenvalue weighted by Gasteiger charge is -2.36. The molecule has 1 aliphatic carbocycles. The van der Waals surface area contributed by atoms with Crippen LogP contribution in [0.4, 0.5) is 13.2 Å². The van der Waals surface area contributed by atoms with E-state index in [1.54, 1.807) is 23.6 Å². The lowest BCUT2D eigenvalue weighted by Crippen LogP contribution is -2.61. The third kappa shape index (κ3) is 4.26. The van der Waals surface area contributed by atoms with E-state index in [-0.39, 0.29) is 23.8 Å². The summed E-state index contributed by atoms with van der Waals surface area (Å²) >= 11 is 0. The van der Waals surface area contributed by atoms with Gasteiger partial charge in [0, 0.05) is 18.3 Å². The second-order valence-electron chi connectivity index (χ2n) is 10.5. The molecule has 3 amide bonds. The normalized spacial score (nSPS) is 22.9. The van der Waals surface area contributed by atoms with Crippen molar-refractivity contribution >= 4 is 23.2 Å². The van der Waals surface area contributed by atoms with Crippen molar-refractivity contribution in [1.82, 2.24) is 25.1 Å². The Hall–Kier alpha value is -4.06. The van der Waals surface area contributed by atoms with Crippen LogP contribution in [0.25, 0.3) is 5.52 Å². The van der Waals surface area contributed by atoms with E-state index in [0.29, 0.717) is 16.6 Å². The molecule has 2 aromatic rings. The number of pyridine rings is 1. The Morgan fingerprint density at radius 3 is 2.57 bits per heavy atom. The minimum atomic E-state index is -5.17. The fourth-order valence-electron chi connectivity index (χ4n) is 5.36. The van der Waals surface area contributed by atoms with Crippen LogP contribution in [0.3, 0.4) is 0 Å². The zero-order chi connectivity index (χ0) is 27.5. The fourth-order valence-corrected chi connectivity index (χ4v) is 5.36. The van der Waals surface area contributed by atoms with E-state index in [9.17, 15) is 32.8 Å². The summed E-state index contributed by atoms with van der Waals surface area (Å²) in [4.78, 5) is 39.6. The van der Waals surface area contributed by atoms with Crippen LogP contribution < -0.4 is 10.6 Å². The first-order chi connectivity index (χ1) is 17.1. The van der Waals surface area contributed by atoms with Gasteiger partial charge in [0.05, 0.1) is 23.3 Å². The van der Waals surface area contributed by atoms with Gasteiger partial charge in [-0.25, -0.2) is 4.52 Å². The second kappa shape index (κ2) is 8.51. The number of nitrogens with zero attached hydrogens (tertiary/aromatic N) is 4. The number of halogens is 3. The van der Waals surface area contributed by atoms with Gasteiger partial charge in [-0.05, 0) is 43.2 Å². The number of amides is 3. The molecule has 1 unspecified atom stereocenters. The number of piperidine rings is 1. The van der Waals surface area contributed by atoms with Gasteiger partial charge < -0.3 is 15.5 Å². The Morgan fingerprint density at radius 1 is 1.30 bits per heavy atom. The number of terminal acetylenes is 1. The van der Waals surface area contributed by atoms with E-state index >= 15 is 0 Å². The van der Waals surface area contributed by atoms with Gasteiger partial charge in [-0.15, -0.1) is 6.42 Å². The van der Waals surface area contributed by atoms with Crippen molar-refractivity contribution < 1.29 is 27.6 Å². The summed E-state index contributed by atoms with van der Waals surface area (Å²) in [6.07, 6.45) is 3.48. The van der Waals surface area contributed by atoms with E-state index < -0.39 is 41.5 Å². The summed E-state index contributed by atoms with van der Waals surface area (Å²) in [5.41, 5.74) is -0.916. The first kappa shape index (κ1) is 26.0. The number of hydrogen-bond acceptors (Lipinski definition) is 5. The zero-order valence-corrected chi connectivity index (χ0v) is 20.6. The van der Waals surface area contributed by atoms with Crippen molar-refractivity contribution in [2.45, 2.75) is 51.5 Å². The van der Waals surface area contributed by atoms with Gasteiger partial charge in [-0.2, -0.15) is 23.5 Å². The maximum Gasteiger partial charge on any atom is 0.471 e. The number of carbonyl (C=O) groups is 3.